The van der Waals surface area contributed by atoms with E-state index in [9.17, 15) is 0 Å². The second kappa shape index (κ2) is 6.48. The van der Waals surface area contributed by atoms with Gasteiger partial charge in [-0.1, -0.05) is 23.2 Å². The molecule has 0 radical (unpaired) electrons. The molecule has 0 bridgehead atoms. The molecule has 0 aromatic carbocycles. The van der Waals surface area contributed by atoms with E-state index in [1.165, 1.54) is 0 Å². The SMILES string of the molecule is Clc1cc2c(cc(O[C@H]3CCOC3)n2C2CCCCO2)nc1Cl. The summed E-state index contributed by atoms with van der Waals surface area (Å²) in [6, 6.07) is 3.75. The van der Waals surface area contributed by atoms with E-state index in [1.54, 1.807) is 0 Å². The molecule has 2 aromatic rings. The molecular formula is C16H18Cl2N2O3. The summed E-state index contributed by atoms with van der Waals surface area (Å²) < 4.78 is 19.6. The molecule has 0 saturated carbocycles. The number of halogens is 2. The quantitative estimate of drug-likeness (QED) is 0.772. The Morgan fingerprint density at radius 2 is 2.09 bits per heavy atom. The van der Waals surface area contributed by atoms with Crippen molar-refractivity contribution in [2.24, 2.45) is 0 Å². The maximum Gasteiger partial charge on any atom is 0.198 e. The van der Waals surface area contributed by atoms with E-state index in [-0.39, 0.29) is 12.3 Å². The predicted octanol–water partition coefficient (Wildman–Crippen LogP) is 4.21. The first kappa shape index (κ1) is 15.5. The lowest BCUT2D eigenvalue weighted by molar-refractivity contribution is -0.0349. The summed E-state index contributed by atoms with van der Waals surface area (Å²) in [6.45, 7) is 2.10. The maximum absolute atomic E-state index is 6.17. The van der Waals surface area contributed by atoms with E-state index in [0.717, 1.165) is 55.8 Å². The van der Waals surface area contributed by atoms with Crippen LogP contribution in [0.25, 0.3) is 11.0 Å². The minimum Gasteiger partial charge on any atom is -0.473 e. The third kappa shape index (κ3) is 3.03. The van der Waals surface area contributed by atoms with Crippen LogP contribution in [0.4, 0.5) is 0 Å². The van der Waals surface area contributed by atoms with Gasteiger partial charge in [0.15, 0.2) is 5.88 Å². The highest BCUT2D eigenvalue weighted by atomic mass is 35.5. The molecule has 2 saturated heterocycles. The third-order valence-corrected chi connectivity index (χ3v) is 4.99. The molecule has 2 aromatic heterocycles. The van der Waals surface area contributed by atoms with Crippen LogP contribution >= 0.6 is 23.2 Å². The number of nitrogens with zero attached hydrogens (tertiary/aromatic N) is 2. The van der Waals surface area contributed by atoms with E-state index < -0.39 is 0 Å². The van der Waals surface area contributed by atoms with Crippen LogP contribution in [0.3, 0.4) is 0 Å². The molecule has 2 atom stereocenters. The lowest BCUT2D eigenvalue weighted by atomic mass is 10.2. The summed E-state index contributed by atoms with van der Waals surface area (Å²) in [7, 11) is 0. The molecule has 0 aliphatic carbocycles. The summed E-state index contributed by atoms with van der Waals surface area (Å²) >= 11 is 12.2. The average Bonchev–Trinajstić information content (AvgIpc) is 3.17. The van der Waals surface area contributed by atoms with Crippen molar-refractivity contribution in [3.8, 4) is 5.88 Å². The fourth-order valence-electron chi connectivity index (χ4n) is 3.17. The monoisotopic (exact) mass is 356 g/mol. The first-order valence-electron chi connectivity index (χ1n) is 7.95. The van der Waals surface area contributed by atoms with Crippen LogP contribution in [0.15, 0.2) is 12.1 Å². The Bertz CT molecular complexity index is 707. The van der Waals surface area contributed by atoms with Crippen LogP contribution < -0.4 is 4.74 Å². The molecule has 1 unspecified atom stereocenters. The van der Waals surface area contributed by atoms with Crippen molar-refractivity contribution in [3.63, 3.8) is 0 Å². The zero-order valence-electron chi connectivity index (χ0n) is 12.6. The number of aromatic nitrogens is 2. The zero-order chi connectivity index (χ0) is 15.8. The second-order valence-corrected chi connectivity index (χ2v) is 6.71. The first-order valence-corrected chi connectivity index (χ1v) is 8.71. The molecular weight excluding hydrogens is 339 g/mol. The Hall–Kier alpha value is -1.01. The van der Waals surface area contributed by atoms with E-state index in [2.05, 4.69) is 9.55 Å². The van der Waals surface area contributed by atoms with E-state index in [1.807, 2.05) is 12.1 Å². The van der Waals surface area contributed by atoms with E-state index in [4.69, 9.17) is 37.4 Å². The largest absolute Gasteiger partial charge is 0.473 e. The van der Waals surface area contributed by atoms with Gasteiger partial charge in [0, 0.05) is 19.1 Å². The molecule has 0 amide bonds. The summed E-state index contributed by atoms with van der Waals surface area (Å²) in [5, 5.41) is 0.738. The Morgan fingerprint density at radius 1 is 1.17 bits per heavy atom. The van der Waals surface area contributed by atoms with Gasteiger partial charge in [0.1, 0.15) is 17.5 Å². The highest BCUT2D eigenvalue weighted by Crippen LogP contribution is 2.36. The first-order chi connectivity index (χ1) is 11.2. The number of pyridine rings is 1. The Balaban J connectivity index is 1.78. The van der Waals surface area contributed by atoms with Gasteiger partial charge >= 0.3 is 0 Å². The molecule has 4 heterocycles. The molecule has 124 valence electrons. The van der Waals surface area contributed by atoms with Crippen molar-refractivity contribution in [1.82, 2.24) is 9.55 Å². The van der Waals surface area contributed by atoms with Crippen molar-refractivity contribution in [2.45, 2.75) is 38.0 Å². The topological polar surface area (TPSA) is 45.5 Å². The van der Waals surface area contributed by atoms with Crippen molar-refractivity contribution in [3.05, 3.63) is 22.3 Å². The van der Waals surface area contributed by atoms with Crippen LogP contribution in [0.5, 0.6) is 5.88 Å². The number of rotatable bonds is 3. The van der Waals surface area contributed by atoms with Crippen LogP contribution in [0.1, 0.15) is 31.9 Å². The molecule has 7 heteroatoms. The zero-order valence-corrected chi connectivity index (χ0v) is 14.1. The van der Waals surface area contributed by atoms with Gasteiger partial charge in [-0.05, 0) is 25.3 Å². The smallest absolute Gasteiger partial charge is 0.198 e. The number of fused-ring (bicyclic) bond motifs is 1. The van der Waals surface area contributed by atoms with Crippen LogP contribution in [0, 0.1) is 0 Å². The molecule has 2 fully saturated rings. The number of hydrogen-bond acceptors (Lipinski definition) is 4. The minimum absolute atomic E-state index is 0.0578. The molecule has 0 N–H and O–H groups in total. The number of ether oxygens (including phenoxy) is 3. The minimum atomic E-state index is -0.0578. The van der Waals surface area contributed by atoms with Gasteiger partial charge in [0.25, 0.3) is 0 Å². The molecule has 0 spiro atoms. The van der Waals surface area contributed by atoms with Crippen molar-refractivity contribution < 1.29 is 14.2 Å². The Morgan fingerprint density at radius 3 is 2.83 bits per heavy atom. The highest BCUT2D eigenvalue weighted by molar-refractivity contribution is 6.41. The van der Waals surface area contributed by atoms with Crippen LogP contribution in [0.2, 0.25) is 10.2 Å². The van der Waals surface area contributed by atoms with Gasteiger partial charge < -0.3 is 14.2 Å². The van der Waals surface area contributed by atoms with Gasteiger partial charge in [0.05, 0.1) is 29.3 Å². The summed E-state index contributed by atoms with van der Waals surface area (Å²) in [6.07, 6.45) is 4.06. The van der Waals surface area contributed by atoms with E-state index >= 15 is 0 Å². The highest BCUT2D eigenvalue weighted by Gasteiger charge is 2.26. The molecule has 4 rings (SSSR count). The number of hydrogen-bond donors (Lipinski definition) is 0. The summed E-state index contributed by atoms with van der Waals surface area (Å²) in [5.41, 5.74) is 1.66. The van der Waals surface area contributed by atoms with Crippen LogP contribution in [-0.4, -0.2) is 35.5 Å². The van der Waals surface area contributed by atoms with Gasteiger partial charge in [0.2, 0.25) is 0 Å². The van der Waals surface area contributed by atoms with Gasteiger partial charge in [-0.3, -0.25) is 4.57 Å². The molecule has 5 nitrogen and oxygen atoms in total. The van der Waals surface area contributed by atoms with Gasteiger partial charge in [-0.15, -0.1) is 0 Å². The van der Waals surface area contributed by atoms with Gasteiger partial charge in [-0.25, -0.2) is 4.98 Å². The van der Waals surface area contributed by atoms with Crippen molar-refractivity contribution in [2.75, 3.05) is 19.8 Å². The van der Waals surface area contributed by atoms with Crippen LogP contribution in [-0.2, 0) is 9.47 Å². The average molecular weight is 357 g/mol. The molecule has 2 aliphatic heterocycles. The second-order valence-electron chi connectivity index (χ2n) is 5.94. The van der Waals surface area contributed by atoms with Crippen molar-refractivity contribution in [1.29, 1.82) is 0 Å². The van der Waals surface area contributed by atoms with Gasteiger partial charge in [-0.2, -0.15) is 0 Å². The summed E-state index contributed by atoms with van der Waals surface area (Å²) in [5.74, 6) is 0.744. The molecule has 23 heavy (non-hydrogen) atoms. The fourth-order valence-corrected chi connectivity index (χ4v) is 3.46. The fraction of sp³-hybridized carbons (Fsp3) is 0.562. The lowest BCUT2D eigenvalue weighted by Gasteiger charge is -2.27. The maximum atomic E-state index is 6.17. The standard InChI is InChI=1S/C16H18Cl2N2O3/c17-11-7-13-12(19-16(11)18)8-15(23-10-4-6-21-9-10)20(13)14-3-1-2-5-22-14/h7-8,10,14H,1-6,9H2/t10-,14?/m0/s1. The van der Waals surface area contributed by atoms with E-state index in [0.29, 0.717) is 16.8 Å². The molecule has 2 aliphatic rings. The Kier molecular flexibility index (Phi) is 4.37. The third-order valence-electron chi connectivity index (χ3n) is 4.32. The Labute approximate surface area is 144 Å². The normalized spacial score (nSPS) is 25.1. The van der Waals surface area contributed by atoms with Crippen molar-refractivity contribution >= 4 is 34.2 Å². The summed E-state index contributed by atoms with van der Waals surface area (Å²) in [4.78, 5) is 4.37. The predicted molar refractivity (Wildman–Crippen MR) is 88.4 cm³/mol. The lowest BCUT2D eigenvalue weighted by Crippen LogP contribution is -2.22.